The number of fused-ring (bicyclic) bond motifs is 1. The molecular weight excluding hydrogens is 244 g/mol. The van der Waals surface area contributed by atoms with Crippen LogP contribution in [0.1, 0.15) is 12.5 Å². The second-order valence-corrected chi connectivity index (χ2v) is 4.45. The fraction of sp³-hybridized carbons (Fsp3) is 0.417. The van der Waals surface area contributed by atoms with Crippen LogP contribution in [0.4, 0.5) is 0 Å². The van der Waals surface area contributed by atoms with Crippen molar-refractivity contribution in [1.29, 1.82) is 0 Å². The summed E-state index contributed by atoms with van der Waals surface area (Å²) in [5.41, 5.74) is 1.04. The summed E-state index contributed by atoms with van der Waals surface area (Å²) in [6.07, 6.45) is -0.251. The highest BCUT2D eigenvalue weighted by Crippen LogP contribution is 2.31. The molecule has 0 fully saturated rings. The fourth-order valence-corrected chi connectivity index (χ4v) is 1.90. The topological polar surface area (TPSA) is 55.8 Å². The maximum absolute atomic E-state index is 10.6. The van der Waals surface area contributed by atoms with Gasteiger partial charge in [-0.2, -0.15) is 0 Å². The van der Waals surface area contributed by atoms with Crippen molar-refractivity contribution in [3.63, 3.8) is 0 Å². The van der Waals surface area contributed by atoms with Crippen molar-refractivity contribution in [1.82, 2.24) is 0 Å². The lowest BCUT2D eigenvalue weighted by Gasteiger charge is -2.13. The smallest absolute Gasteiger partial charge is 0.332 e. The molecule has 0 spiro atoms. The van der Waals surface area contributed by atoms with E-state index in [-0.39, 0.29) is 12.7 Å². The van der Waals surface area contributed by atoms with Crippen molar-refractivity contribution in [3.8, 4) is 5.75 Å². The Morgan fingerprint density at radius 1 is 1.71 bits per heavy atom. The van der Waals surface area contributed by atoms with Gasteiger partial charge in [-0.3, -0.25) is 0 Å². The number of ether oxygens (including phenoxy) is 2. The van der Waals surface area contributed by atoms with Crippen molar-refractivity contribution < 1.29 is 19.4 Å². The molecule has 1 aromatic rings. The zero-order valence-corrected chi connectivity index (χ0v) is 10.1. The van der Waals surface area contributed by atoms with Gasteiger partial charge in [-0.25, -0.2) is 4.79 Å². The molecule has 1 heterocycles. The molecule has 0 bridgehead atoms. The fourth-order valence-electron chi connectivity index (χ4n) is 1.70. The molecule has 1 aliphatic heterocycles. The number of hydrogen-bond donors (Lipinski definition) is 1. The minimum Gasteiger partial charge on any atom is -0.487 e. The van der Waals surface area contributed by atoms with Gasteiger partial charge in [0.25, 0.3) is 0 Å². The van der Waals surface area contributed by atoms with E-state index in [9.17, 15) is 4.79 Å². The molecule has 92 valence electrons. The Morgan fingerprint density at radius 3 is 3.18 bits per heavy atom. The van der Waals surface area contributed by atoms with Gasteiger partial charge in [0.2, 0.25) is 0 Å². The van der Waals surface area contributed by atoms with Crippen LogP contribution in [0.25, 0.3) is 0 Å². The molecule has 5 heteroatoms. The van der Waals surface area contributed by atoms with E-state index in [0.29, 0.717) is 11.4 Å². The predicted octanol–water partition coefficient (Wildman–Crippen LogP) is 2.13. The number of carbonyl (C=O) groups is 1. The van der Waals surface area contributed by atoms with Gasteiger partial charge < -0.3 is 14.6 Å². The maximum Gasteiger partial charge on any atom is 0.332 e. The maximum atomic E-state index is 10.6. The van der Waals surface area contributed by atoms with Gasteiger partial charge in [-0.1, -0.05) is 11.6 Å². The molecule has 17 heavy (non-hydrogen) atoms. The standard InChI is InChI=1S/C12H13ClO4/c1-7(12(14)15)16-6-10-5-8-4-9(13)2-3-11(8)17-10/h2-4,7,10H,5-6H2,1H3,(H,14,15). The highest BCUT2D eigenvalue weighted by atomic mass is 35.5. The van der Waals surface area contributed by atoms with E-state index < -0.39 is 12.1 Å². The number of carboxylic acids is 1. The Kier molecular flexibility index (Phi) is 3.54. The average Bonchev–Trinajstić information content (AvgIpc) is 2.67. The van der Waals surface area contributed by atoms with Crippen LogP contribution >= 0.6 is 11.6 Å². The molecule has 2 atom stereocenters. The van der Waals surface area contributed by atoms with Crippen molar-refractivity contribution in [2.45, 2.75) is 25.6 Å². The summed E-state index contributed by atoms with van der Waals surface area (Å²) in [6.45, 7) is 1.76. The van der Waals surface area contributed by atoms with Gasteiger partial charge in [0.1, 0.15) is 11.9 Å². The Balaban J connectivity index is 1.90. The van der Waals surface area contributed by atoms with E-state index in [1.807, 2.05) is 12.1 Å². The first kappa shape index (κ1) is 12.2. The molecule has 4 nitrogen and oxygen atoms in total. The van der Waals surface area contributed by atoms with Crippen LogP contribution in [0.2, 0.25) is 5.02 Å². The van der Waals surface area contributed by atoms with E-state index in [0.717, 1.165) is 11.3 Å². The summed E-state index contributed by atoms with van der Waals surface area (Å²) >= 11 is 5.88. The van der Waals surface area contributed by atoms with Crippen molar-refractivity contribution in [3.05, 3.63) is 28.8 Å². The Bertz CT molecular complexity index is 433. The first-order valence-corrected chi connectivity index (χ1v) is 5.73. The van der Waals surface area contributed by atoms with E-state index in [1.165, 1.54) is 6.92 Å². The van der Waals surface area contributed by atoms with Gasteiger partial charge in [-0.15, -0.1) is 0 Å². The second kappa shape index (κ2) is 4.94. The SMILES string of the molecule is CC(OCC1Cc2cc(Cl)ccc2O1)C(=O)O. The summed E-state index contributed by atoms with van der Waals surface area (Å²) in [6, 6.07) is 5.44. The van der Waals surface area contributed by atoms with Crippen LogP contribution in [0.5, 0.6) is 5.75 Å². The first-order chi connectivity index (χ1) is 8.06. The molecule has 0 saturated carbocycles. The molecule has 0 aromatic heterocycles. The Morgan fingerprint density at radius 2 is 2.47 bits per heavy atom. The summed E-state index contributed by atoms with van der Waals surface area (Å²) in [7, 11) is 0. The van der Waals surface area contributed by atoms with Gasteiger partial charge >= 0.3 is 5.97 Å². The lowest BCUT2D eigenvalue weighted by atomic mass is 10.1. The van der Waals surface area contributed by atoms with Crippen LogP contribution in [-0.2, 0) is 16.0 Å². The minimum atomic E-state index is -0.969. The molecule has 0 amide bonds. The number of halogens is 1. The van der Waals surface area contributed by atoms with Crippen molar-refractivity contribution >= 4 is 17.6 Å². The van der Waals surface area contributed by atoms with Crippen LogP contribution in [0.15, 0.2) is 18.2 Å². The summed E-state index contributed by atoms with van der Waals surface area (Å²) in [5, 5.41) is 9.36. The molecule has 2 rings (SSSR count). The first-order valence-electron chi connectivity index (χ1n) is 5.36. The molecule has 0 saturated heterocycles. The van der Waals surface area contributed by atoms with Crippen molar-refractivity contribution in [2.24, 2.45) is 0 Å². The van der Waals surface area contributed by atoms with E-state index >= 15 is 0 Å². The molecule has 1 aromatic carbocycles. The van der Waals surface area contributed by atoms with Gasteiger partial charge in [0.05, 0.1) is 6.61 Å². The number of hydrogen-bond acceptors (Lipinski definition) is 3. The highest BCUT2D eigenvalue weighted by Gasteiger charge is 2.24. The van der Waals surface area contributed by atoms with E-state index in [2.05, 4.69) is 0 Å². The van der Waals surface area contributed by atoms with Crippen LogP contribution < -0.4 is 4.74 Å². The number of aliphatic carboxylic acids is 1. The van der Waals surface area contributed by atoms with Crippen LogP contribution in [0, 0.1) is 0 Å². The summed E-state index contributed by atoms with van der Waals surface area (Å²) < 4.78 is 10.8. The predicted molar refractivity (Wildman–Crippen MR) is 62.6 cm³/mol. The number of rotatable bonds is 4. The van der Waals surface area contributed by atoms with Gasteiger partial charge in [-0.05, 0) is 30.7 Å². The second-order valence-electron chi connectivity index (χ2n) is 4.01. The van der Waals surface area contributed by atoms with E-state index in [4.69, 9.17) is 26.2 Å². The zero-order chi connectivity index (χ0) is 12.4. The molecule has 2 unspecified atom stereocenters. The minimum absolute atomic E-state index is 0.134. The van der Waals surface area contributed by atoms with Crippen LogP contribution in [-0.4, -0.2) is 29.9 Å². The van der Waals surface area contributed by atoms with E-state index in [1.54, 1.807) is 6.07 Å². The molecule has 0 aliphatic carbocycles. The largest absolute Gasteiger partial charge is 0.487 e. The third kappa shape index (κ3) is 2.90. The summed E-state index contributed by atoms with van der Waals surface area (Å²) in [5.74, 6) is -0.172. The molecule has 0 radical (unpaired) electrons. The van der Waals surface area contributed by atoms with Crippen LogP contribution in [0.3, 0.4) is 0 Å². The third-order valence-electron chi connectivity index (χ3n) is 2.64. The lowest BCUT2D eigenvalue weighted by molar-refractivity contribution is -0.150. The average molecular weight is 257 g/mol. The monoisotopic (exact) mass is 256 g/mol. The van der Waals surface area contributed by atoms with Gasteiger partial charge in [0, 0.05) is 11.4 Å². The molecule has 1 N–H and O–H groups in total. The Hall–Kier alpha value is -1.26. The number of carboxylic acid groups (broad SMARTS) is 1. The number of benzene rings is 1. The summed E-state index contributed by atoms with van der Waals surface area (Å²) in [4.78, 5) is 10.6. The molecular formula is C12H13ClO4. The van der Waals surface area contributed by atoms with Crippen molar-refractivity contribution in [2.75, 3.05) is 6.61 Å². The normalized spacial score (nSPS) is 19.5. The zero-order valence-electron chi connectivity index (χ0n) is 9.35. The highest BCUT2D eigenvalue weighted by molar-refractivity contribution is 6.30. The third-order valence-corrected chi connectivity index (χ3v) is 2.88. The molecule has 1 aliphatic rings. The quantitative estimate of drug-likeness (QED) is 0.897. The lowest BCUT2D eigenvalue weighted by Crippen LogP contribution is -2.27. The van der Waals surface area contributed by atoms with Gasteiger partial charge in [0.15, 0.2) is 6.10 Å². The Labute approximate surface area is 104 Å².